The number of nitriles is 1. The van der Waals surface area contributed by atoms with Crippen LogP contribution < -0.4 is 10.6 Å². The summed E-state index contributed by atoms with van der Waals surface area (Å²) in [5.74, 6) is 0.344. The van der Waals surface area contributed by atoms with Crippen LogP contribution in [0.15, 0.2) is 12.3 Å². The molecule has 1 saturated heterocycles. The molecule has 1 aliphatic rings. The van der Waals surface area contributed by atoms with Gasteiger partial charge in [-0.05, 0) is 25.9 Å². The standard InChI is InChI=1S/C13H17N5O3/c14-8-10-7-11(18(19)20)9-17-13(10)16-5-6-21-12-1-3-15-4-2-12/h7,9,12,15H,1-6H2,(H,16,17). The van der Waals surface area contributed by atoms with Gasteiger partial charge in [0.25, 0.3) is 5.69 Å². The molecule has 0 bridgehead atoms. The molecule has 2 N–H and O–H groups in total. The number of pyridine rings is 1. The highest BCUT2D eigenvalue weighted by atomic mass is 16.6. The summed E-state index contributed by atoms with van der Waals surface area (Å²) in [6.45, 7) is 2.96. The molecule has 1 fully saturated rings. The first-order valence-electron chi connectivity index (χ1n) is 6.81. The summed E-state index contributed by atoms with van der Waals surface area (Å²) in [6.07, 6.45) is 3.41. The molecule has 112 valence electrons. The lowest BCUT2D eigenvalue weighted by atomic mass is 10.1. The van der Waals surface area contributed by atoms with Crippen LogP contribution in [-0.2, 0) is 4.74 Å². The Balaban J connectivity index is 1.82. The van der Waals surface area contributed by atoms with E-state index in [9.17, 15) is 10.1 Å². The number of nitro groups is 1. The molecule has 2 heterocycles. The van der Waals surface area contributed by atoms with Crippen LogP contribution in [0.4, 0.5) is 11.5 Å². The van der Waals surface area contributed by atoms with Gasteiger partial charge in [0, 0.05) is 12.6 Å². The molecule has 8 heteroatoms. The predicted molar refractivity (Wildman–Crippen MR) is 75.9 cm³/mol. The lowest BCUT2D eigenvalue weighted by molar-refractivity contribution is -0.385. The molecule has 0 atom stereocenters. The van der Waals surface area contributed by atoms with Gasteiger partial charge in [-0.25, -0.2) is 4.98 Å². The zero-order chi connectivity index (χ0) is 15.1. The molecule has 0 aromatic carbocycles. The second-order valence-electron chi connectivity index (χ2n) is 4.71. The number of rotatable bonds is 6. The van der Waals surface area contributed by atoms with Crippen LogP contribution >= 0.6 is 0 Å². The first kappa shape index (κ1) is 15.2. The summed E-state index contributed by atoms with van der Waals surface area (Å²) in [5.41, 5.74) is -0.0332. The molecule has 0 unspecified atom stereocenters. The van der Waals surface area contributed by atoms with Gasteiger partial charge in [-0.2, -0.15) is 5.26 Å². The van der Waals surface area contributed by atoms with Crippen molar-refractivity contribution in [2.24, 2.45) is 0 Å². The molecular formula is C13H17N5O3. The maximum absolute atomic E-state index is 10.6. The molecule has 1 aliphatic heterocycles. The fourth-order valence-electron chi connectivity index (χ4n) is 2.14. The Kier molecular flexibility index (Phi) is 5.43. The Morgan fingerprint density at radius 3 is 3.00 bits per heavy atom. The second-order valence-corrected chi connectivity index (χ2v) is 4.71. The van der Waals surface area contributed by atoms with E-state index in [0.29, 0.717) is 19.0 Å². The Labute approximate surface area is 122 Å². The van der Waals surface area contributed by atoms with E-state index in [-0.39, 0.29) is 17.4 Å². The zero-order valence-electron chi connectivity index (χ0n) is 11.5. The van der Waals surface area contributed by atoms with Crippen molar-refractivity contribution >= 4 is 11.5 Å². The number of hydrogen-bond acceptors (Lipinski definition) is 7. The molecule has 0 spiro atoms. The van der Waals surface area contributed by atoms with E-state index in [1.54, 1.807) is 0 Å². The van der Waals surface area contributed by atoms with Crippen molar-refractivity contribution in [2.75, 3.05) is 31.6 Å². The summed E-state index contributed by atoms with van der Waals surface area (Å²) >= 11 is 0. The van der Waals surface area contributed by atoms with E-state index >= 15 is 0 Å². The number of hydrogen-bond donors (Lipinski definition) is 2. The largest absolute Gasteiger partial charge is 0.376 e. The fourth-order valence-corrected chi connectivity index (χ4v) is 2.14. The number of aromatic nitrogens is 1. The normalized spacial score (nSPS) is 15.4. The van der Waals surface area contributed by atoms with Crippen molar-refractivity contribution in [3.63, 3.8) is 0 Å². The molecule has 0 saturated carbocycles. The van der Waals surface area contributed by atoms with E-state index in [1.807, 2.05) is 6.07 Å². The van der Waals surface area contributed by atoms with Crippen LogP contribution in [0.2, 0.25) is 0 Å². The third-order valence-corrected chi connectivity index (χ3v) is 3.24. The van der Waals surface area contributed by atoms with Gasteiger partial charge in [-0.15, -0.1) is 0 Å². The molecule has 0 radical (unpaired) electrons. The average molecular weight is 291 g/mol. The monoisotopic (exact) mass is 291 g/mol. The fraction of sp³-hybridized carbons (Fsp3) is 0.538. The van der Waals surface area contributed by atoms with Gasteiger partial charge >= 0.3 is 0 Å². The van der Waals surface area contributed by atoms with E-state index in [0.717, 1.165) is 32.1 Å². The van der Waals surface area contributed by atoms with E-state index in [2.05, 4.69) is 15.6 Å². The third-order valence-electron chi connectivity index (χ3n) is 3.24. The summed E-state index contributed by atoms with van der Waals surface area (Å²) in [6, 6.07) is 3.11. The molecule has 0 aliphatic carbocycles. The van der Waals surface area contributed by atoms with Crippen molar-refractivity contribution in [2.45, 2.75) is 18.9 Å². The van der Waals surface area contributed by atoms with Crippen molar-refractivity contribution in [3.05, 3.63) is 27.9 Å². The highest BCUT2D eigenvalue weighted by Crippen LogP contribution is 2.18. The summed E-state index contributed by atoms with van der Waals surface area (Å²) in [7, 11) is 0. The number of nitrogens with zero attached hydrogens (tertiary/aromatic N) is 3. The van der Waals surface area contributed by atoms with Gasteiger partial charge < -0.3 is 15.4 Å². The molecule has 8 nitrogen and oxygen atoms in total. The Morgan fingerprint density at radius 2 is 2.33 bits per heavy atom. The predicted octanol–water partition coefficient (Wildman–Crippen LogP) is 1.04. The SMILES string of the molecule is N#Cc1cc([N+](=O)[O-])cnc1NCCOC1CCNCC1. The lowest BCUT2D eigenvalue weighted by Gasteiger charge is -2.23. The first-order valence-corrected chi connectivity index (χ1v) is 6.81. The van der Waals surface area contributed by atoms with Gasteiger partial charge in [0.2, 0.25) is 0 Å². The smallest absolute Gasteiger partial charge is 0.289 e. The number of ether oxygens (including phenoxy) is 1. The topological polar surface area (TPSA) is 113 Å². The van der Waals surface area contributed by atoms with Crippen molar-refractivity contribution in [3.8, 4) is 6.07 Å². The van der Waals surface area contributed by atoms with E-state index in [4.69, 9.17) is 10.00 Å². The Hall–Kier alpha value is -2.24. The van der Waals surface area contributed by atoms with Crippen molar-refractivity contribution in [1.82, 2.24) is 10.3 Å². The summed E-state index contributed by atoms with van der Waals surface area (Å²) in [5, 5.41) is 25.9. The zero-order valence-corrected chi connectivity index (χ0v) is 11.5. The molecule has 1 aromatic heterocycles. The van der Waals surface area contributed by atoms with Gasteiger partial charge in [0.1, 0.15) is 23.6 Å². The van der Waals surface area contributed by atoms with Gasteiger partial charge in [0.15, 0.2) is 0 Å². The number of nitrogens with one attached hydrogen (secondary N) is 2. The van der Waals surface area contributed by atoms with Crippen LogP contribution in [-0.4, -0.2) is 42.3 Å². The molecule has 21 heavy (non-hydrogen) atoms. The van der Waals surface area contributed by atoms with Crippen LogP contribution in [0.25, 0.3) is 0 Å². The highest BCUT2D eigenvalue weighted by Gasteiger charge is 2.14. The molecule has 2 rings (SSSR count). The number of piperidine rings is 1. The van der Waals surface area contributed by atoms with Gasteiger partial charge in [0.05, 0.1) is 17.6 Å². The second kappa shape index (κ2) is 7.52. The van der Waals surface area contributed by atoms with Gasteiger partial charge in [-0.3, -0.25) is 10.1 Å². The van der Waals surface area contributed by atoms with Gasteiger partial charge in [-0.1, -0.05) is 0 Å². The minimum atomic E-state index is -0.572. The third kappa shape index (κ3) is 4.37. The van der Waals surface area contributed by atoms with Crippen LogP contribution in [0, 0.1) is 21.4 Å². The number of anilines is 1. The van der Waals surface area contributed by atoms with Crippen molar-refractivity contribution in [1.29, 1.82) is 5.26 Å². The van der Waals surface area contributed by atoms with Crippen LogP contribution in [0.5, 0.6) is 0 Å². The Bertz CT molecular complexity index is 537. The molecule has 0 amide bonds. The first-order chi connectivity index (χ1) is 10.2. The van der Waals surface area contributed by atoms with Crippen LogP contribution in [0.3, 0.4) is 0 Å². The summed E-state index contributed by atoms with van der Waals surface area (Å²) < 4.78 is 5.72. The molecule has 1 aromatic rings. The Morgan fingerprint density at radius 1 is 1.57 bits per heavy atom. The van der Waals surface area contributed by atoms with Crippen molar-refractivity contribution < 1.29 is 9.66 Å². The average Bonchev–Trinajstić information content (AvgIpc) is 2.52. The quantitative estimate of drug-likeness (QED) is 0.457. The summed E-state index contributed by atoms with van der Waals surface area (Å²) in [4.78, 5) is 14.0. The van der Waals surface area contributed by atoms with E-state index < -0.39 is 4.92 Å². The maximum Gasteiger partial charge on any atom is 0.289 e. The minimum absolute atomic E-state index is 0.158. The van der Waals surface area contributed by atoms with E-state index in [1.165, 1.54) is 6.07 Å². The lowest BCUT2D eigenvalue weighted by Crippen LogP contribution is -2.33. The maximum atomic E-state index is 10.6. The molecular weight excluding hydrogens is 274 g/mol. The van der Waals surface area contributed by atoms with Crippen LogP contribution in [0.1, 0.15) is 18.4 Å². The minimum Gasteiger partial charge on any atom is -0.376 e. The highest BCUT2D eigenvalue weighted by molar-refractivity contribution is 5.55.